The summed E-state index contributed by atoms with van der Waals surface area (Å²) in [7, 11) is 0. The summed E-state index contributed by atoms with van der Waals surface area (Å²) in [4.78, 5) is 4.45. The first kappa shape index (κ1) is 13.4. The van der Waals surface area contributed by atoms with Crippen molar-refractivity contribution in [2.45, 2.75) is 50.9 Å². The first-order valence-electron chi connectivity index (χ1n) is 7.26. The number of rotatable bonds is 2. The zero-order valence-electron chi connectivity index (χ0n) is 11.5. The molecule has 0 spiro atoms. The molecule has 3 rings (SSSR count). The van der Waals surface area contributed by atoms with E-state index >= 15 is 0 Å². The number of aliphatic hydroxyl groups excluding tert-OH is 2. The average molecular weight is 275 g/mol. The van der Waals surface area contributed by atoms with Crippen molar-refractivity contribution >= 4 is 16.7 Å². The fourth-order valence-electron chi connectivity index (χ4n) is 3.22. The molecule has 108 valence electrons. The number of nitrogens with zero attached hydrogens (tertiary/aromatic N) is 2. The van der Waals surface area contributed by atoms with Gasteiger partial charge in [0.25, 0.3) is 0 Å². The smallest absolute Gasteiger partial charge is 0.136 e. The number of anilines is 1. The lowest BCUT2D eigenvalue weighted by Gasteiger charge is -2.24. The molecule has 5 nitrogen and oxygen atoms in total. The van der Waals surface area contributed by atoms with E-state index in [0.717, 1.165) is 43.1 Å². The predicted octanol–water partition coefficient (Wildman–Crippen LogP) is 1.98. The van der Waals surface area contributed by atoms with Crippen molar-refractivity contribution < 1.29 is 10.2 Å². The third kappa shape index (κ3) is 2.27. The van der Waals surface area contributed by atoms with Crippen LogP contribution in [0.15, 0.2) is 18.2 Å². The van der Waals surface area contributed by atoms with E-state index in [2.05, 4.69) is 4.98 Å². The quantitative estimate of drug-likeness (QED) is 0.578. The van der Waals surface area contributed by atoms with Crippen LogP contribution in [0.1, 0.15) is 44.0 Å². The molecule has 0 amide bonds. The maximum atomic E-state index is 10.4. The Balaban J connectivity index is 2.12. The molecule has 0 radical (unpaired) electrons. The summed E-state index contributed by atoms with van der Waals surface area (Å²) in [5, 5.41) is 20.0. The number of aromatic nitrogens is 2. The second-order valence-electron chi connectivity index (χ2n) is 5.58. The van der Waals surface area contributed by atoms with E-state index in [0.29, 0.717) is 11.5 Å². The number of benzene rings is 1. The Labute approximate surface area is 118 Å². The zero-order valence-corrected chi connectivity index (χ0v) is 11.5. The maximum absolute atomic E-state index is 10.4. The summed E-state index contributed by atoms with van der Waals surface area (Å²) in [6, 6.07) is 5.57. The summed E-state index contributed by atoms with van der Waals surface area (Å²) < 4.78 is 2.00. The third-order valence-corrected chi connectivity index (χ3v) is 4.20. The minimum atomic E-state index is -0.377. The summed E-state index contributed by atoms with van der Waals surface area (Å²) in [5.74, 6) is 0.608. The number of imidazole rings is 1. The highest BCUT2D eigenvalue weighted by atomic mass is 16.3. The summed E-state index contributed by atoms with van der Waals surface area (Å²) in [6.07, 6.45) is 4.67. The molecular weight excluding hydrogens is 254 g/mol. The van der Waals surface area contributed by atoms with Crippen LogP contribution in [-0.4, -0.2) is 25.9 Å². The first-order chi connectivity index (χ1) is 9.70. The molecule has 2 atom stereocenters. The molecule has 20 heavy (non-hydrogen) atoms. The summed E-state index contributed by atoms with van der Waals surface area (Å²) in [6.45, 7) is -0.127. The van der Waals surface area contributed by atoms with Gasteiger partial charge in [0.05, 0.1) is 23.2 Å². The third-order valence-electron chi connectivity index (χ3n) is 4.20. The Kier molecular flexibility index (Phi) is 3.63. The SMILES string of the molecule is Nc1ccc2c(c1)nc(CO)n2C1CCCCCC1O. The van der Waals surface area contributed by atoms with Gasteiger partial charge in [0.1, 0.15) is 12.4 Å². The van der Waals surface area contributed by atoms with Gasteiger partial charge in [-0.1, -0.05) is 19.3 Å². The minimum Gasteiger partial charge on any atom is -0.399 e. The van der Waals surface area contributed by atoms with Crippen LogP contribution < -0.4 is 5.73 Å². The van der Waals surface area contributed by atoms with Crippen molar-refractivity contribution in [3.63, 3.8) is 0 Å². The van der Waals surface area contributed by atoms with Gasteiger partial charge in [-0.3, -0.25) is 0 Å². The first-order valence-corrected chi connectivity index (χ1v) is 7.26. The lowest BCUT2D eigenvalue weighted by molar-refractivity contribution is 0.103. The van der Waals surface area contributed by atoms with Crippen LogP contribution in [-0.2, 0) is 6.61 Å². The molecular formula is C15H21N3O2. The Bertz CT molecular complexity index is 608. The number of hydrogen-bond acceptors (Lipinski definition) is 4. The second-order valence-corrected chi connectivity index (χ2v) is 5.58. The molecule has 1 aromatic heterocycles. The second kappa shape index (κ2) is 5.42. The van der Waals surface area contributed by atoms with E-state index < -0.39 is 0 Å². The highest BCUT2D eigenvalue weighted by molar-refractivity contribution is 5.79. The molecule has 1 saturated carbocycles. The van der Waals surface area contributed by atoms with Gasteiger partial charge in [0, 0.05) is 5.69 Å². The van der Waals surface area contributed by atoms with Crippen LogP contribution in [0.3, 0.4) is 0 Å². The molecule has 1 fully saturated rings. The molecule has 0 saturated heterocycles. The van der Waals surface area contributed by atoms with Crippen molar-refractivity contribution in [2.24, 2.45) is 0 Å². The van der Waals surface area contributed by atoms with Gasteiger partial charge >= 0.3 is 0 Å². The van der Waals surface area contributed by atoms with Gasteiger partial charge in [-0.2, -0.15) is 0 Å². The fraction of sp³-hybridized carbons (Fsp3) is 0.533. The molecule has 1 aliphatic rings. The van der Waals surface area contributed by atoms with Crippen LogP contribution in [0.4, 0.5) is 5.69 Å². The Morgan fingerprint density at radius 2 is 2.05 bits per heavy atom. The van der Waals surface area contributed by atoms with Crippen LogP contribution in [0, 0.1) is 0 Å². The van der Waals surface area contributed by atoms with E-state index in [9.17, 15) is 10.2 Å². The number of fused-ring (bicyclic) bond motifs is 1. The normalized spacial score (nSPS) is 23.9. The standard InChI is InChI=1S/C15H21N3O2/c16-10-6-7-12-11(8-10)17-15(9-19)18(12)13-4-2-1-3-5-14(13)20/h6-8,13-14,19-20H,1-5,9,16H2. The van der Waals surface area contributed by atoms with Crippen molar-refractivity contribution in [2.75, 3.05) is 5.73 Å². The number of hydrogen-bond donors (Lipinski definition) is 3. The summed E-state index contributed by atoms with van der Waals surface area (Å²) in [5.41, 5.74) is 8.18. The molecule has 1 aromatic carbocycles. The highest BCUT2D eigenvalue weighted by Crippen LogP contribution is 2.32. The van der Waals surface area contributed by atoms with Gasteiger partial charge in [-0.15, -0.1) is 0 Å². The maximum Gasteiger partial charge on any atom is 0.136 e. The van der Waals surface area contributed by atoms with Crippen LogP contribution in [0.5, 0.6) is 0 Å². The largest absolute Gasteiger partial charge is 0.399 e. The monoisotopic (exact) mass is 275 g/mol. The van der Waals surface area contributed by atoms with Gasteiger partial charge in [0.2, 0.25) is 0 Å². The fourth-order valence-corrected chi connectivity index (χ4v) is 3.22. The van der Waals surface area contributed by atoms with Gasteiger partial charge in [0.15, 0.2) is 0 Å². The molecule has 2 unspecified atom stereocenters. The Hall–Kier alpha value is -1.59. The lowest BCUT2D eigenvalue weighted by atomic mass is 10.1. The molecule has 0 bridgehead atoms. The molecule has 1 aliphatic carbocycles. The molecule has 5 heteroatoms. The van der Waals surface area contributed by atoms with E-state index in [-0.39, 0.29) is 18.8 Å². The number of aliphatic hydroxyl groups is 2. The Morgan fingerprint density at radius 1 is 1.25 bits per heavy atom. The van der Waals surface area contributed by atoms with Gasteiger partial charge < -0.3 is 20.5 Å². The van der Waals surface area contributed by atoms with Crippen molar-refractivity contribution in [1.29, 1.82) is 0 Å². The molecule has 1 heterocycles. The van der Waals surface area contributed by atoms with Gasteiger partial charge in [-0.05, 0) is 31.0 Å². The topological polar surface area (TPSA) is 84.3 Å². The minimum absolute atomic E-state index is 0.00623. The summed E-state index contributed by atoms with van der Waals surface area (Å²) >= 11 is 0. The van der Waals surface area contributed by atoms with E-state index in [4.69, 9.17) is 5.73 Å². The average Bonchev–Trinajstić information content (AvgIpc) is 2.66. The number of nitrogen functional groups attached to an aromatic ring is 1. The van der Waals surface area contributed by atoms with E-state index in [1.807, 2.05) is 22.8 Å². The van der Waals surface area contributed by atoms with E-state index in [1.54, 1.807) is 0 Å². The predicted molar refractivity (Wildman–Crippen MR) is 78.2 cm³/mol. The van der Waals surface area contributed by atoms with E-state index in [1.165, 1.54) is 0 Å². The lowest BCUT2D eigenvalue weighted by Crippen LogP contribution is -2.24. The van der Waals surface area contributed by atoms with Crippen LogP contribution in [0.25, 0.3) is 11.0 Å². The zero-order chi connectivity index (χ0) is 14.1. The van der Waals surface area contributed by atoms with Crippen LogP contribution >= 0.6 is 0 Å². The highest BCUT2D eigenvalue weighted by Gasteiger charge is 2.26. The van der Waals surface area contributed by atoms with Gasteiger partial charge in [-0.25, -0.2) is 4.98 Å². The van der Waals surface area contributed by atoms with Crippen molar-refractivity contribution in [3.8, 4) is 0 Å². The molecule has 0 aliphatic heterocycles. The van der Waals surface area contributed by atoms with Crippen LogP contribution in [0.2, 0.25) is 0 Å². The van der Waals surface area contributed by atoms with Crippen molar-refractivity contribution in [1.82, 2.24) is 9.55 Å². The van der Waals surface area contributed by atoms with Crippen molar-refractivity contribution in [3.05, 3.63) is 24.0 Å². The number of nitrogens with two attached hydrogens (primary N) is 1. The Morgan fingerprint density at radius 3 is 2.85 bits per heavy atom. The molecule has 4 N–H and O–H groups in total. The molecule has 2 aromatic rings.